The number of carbonyl (C=O) groups excluding carboxylic acids is 3. The number of hydrogen-bond acceptors (Lipinski definition) is 5. The fourth-order valence-corrected chi connectivity index (χ4v) is 4.05. The Kier molecular flexibility index (Phi) is 7.65. The second-order valence-electron chi connectivity index (χ2n) is 7.74. The van der Waals surface area contributed by atoms with Gasteiger partial charge in [-0.1, -0.05) is 30.3 Å². The highest BCUT2D eigenvalue weighted by atomic mass is 79.9. The fourth-order valence-electron chi connectivity index (χ4n) is 3.47. The van der Waals surface area contributed by atoms with E-state index in [0.29, 0.717) is 32.8 Å². The van der Waals surface area contributed by atoms with E-state index >= 15 is 0 Å². The zero-order valence-electron chi connectivity index (χ0n) is 19.1. The Balaban J connectivity index is 1.46. The zero-order valence-corrected chi connectivity index (χ0v) is 20.7. The Morgan fingerprint density at radius 1 is 1.11 bits per heavy atom. The van der Waals surface area contributed by atoms with Crippen molar-refractivity contribution in [3.63, 3.8) is 0 Å². The maximum atomic E-state index is 13.1. The Bertz CT molecular complexity index is 1330. The molecule has 0 saturated carbocycles. The van der Waals surface area contributed by atoms with Gasteiger partial charge in [0.2, 0.25) is 0 Å². The first-order chi connectivity index (χ1) is 17.3. The van der Waals surface area contributed by atoms with Crippen LogP contribution in [0.15, 0.2) is 76.9 Å². The molecule has 0 radical (unpaired) electrons. The molecule has 10 heteroatoms. The third kappa shape index (κ3) is 5.89. The molecule has 184 valence electrons. The van der Waals surface area contributed by atoms with Gasteiger partial charge in [-0.05, 0) is 69.5 Å². The van der Waals surface area contributed by atoms with Crippen molar-refractivity contribution in [1.29, 1.82) is 0 Å². The molecule has 36 heavy (non-hydrogen) atoms. The van der Waals surface area contributed by atoms with Crippen molar-refractivity contribution in [3.8, 4) is 11.5 Å². The number of methoxy groups -OCH3 is 1. The summed E-state index contributed by atoms with van der Waals surface area (Å²) >= 11 is 3.41. The van der Waals surface area contributed by atoms with Crippen molar-refractivity contribution in [2.75, 3.05) is 19.0 Å². The van der Waals surface area contributed by atoms with Gasteiger partial charge in [0.15, 0.2) is 18.1 Å². The van der Waals surface area contributed by atoms with E-state index < -0.39 is 17.8 Å². The normalized spacial score (nSPS) is 14.1. The summed E-state index contributed by atoms with van der Waals surface area (Å²) in [6, 6.07) is 17.3. The van der Waals surface area contributed by atoms with Crippen LogP contribution in [0.2, 0.25) is 0 Å². The van der Waals surface area contributed by atoms with Crippen LogP contribution >= 0.6 is 15.9 Å². The van der Waals surface area contributed by atoms with Crippen molar-refractivity contribution in [3.05, 3.63) is 93.8 Å². The second-order valence-corrected chi connectivity index (χ2v) is 8.60. The quantitative estimate of drug-likeness (QED) is 0.311. The maximum Gasteiger partial charge on any atom is 0.329 e. The van der Waals surface area contributed by atoms with Gasteiger partial charge in [0, 0.05) is 5.69 Å². The van der Waals surface area contributed by atoms with Crippen LogP contribution in [-0.2, 0) is 16.1 Å². The number of imide groups is 1. The first-order valence-electron chi connectivity index (χ1n) is 10.8. The minimum absolute atomic E-state index is 0.00707. The molecule has 0 spiro atoms. The zero-order chi connectivity index (χ0) is 25.7. The van der Waals surface area contributed by atoms with E-state index in [1.165, 1.54) is 37.5 Å². The van der Waals surface area contributed by atoms with Crippen molar-refractivity contribution in [1.82, 2.24) is 10.2 Å². The van der Waals surface area contributed by atoms with Gasteiger partial charge < -0.3 is 20.1 Å². The van der Waals surface area contributed by atoms with E-state index in [2.05, 4.69) is 26.6 Å². The lowest BCUT2D eigenvalue weighted by atomic mass is 10.1. The summed E-state index contributed by atoms with van der Waals surface area (Å²) in [5.41, 5.74) is 1.89. The average molecular weight is 554 g/mol. The highest BCUT2D eigenvalue weighted by Crippen LogP contribution is 2.37. The average Bonchev–Trinajstić information content (AvgIpc) is 3.12. The summed E-state index contributed by atoms with van der Waals surface area (Å²) in [6.07, 6.45) is 1.50. The van der Waals surface area contributed by atoms with Crippen LogP contribution in [-0.4, -0.2) is 36.5 Å². The molecular weight excluding hydrogens is 533 g/mol. The van der Waals surface area contributed by atoms with Gasteiger partial charge in [-0.2, -0.15) is 0 Å². The summed E-state index contributed by atoms with van der Waals surface area (Å²) in [5.74, 6) is -0.634. The van der Waals surface area contributed by atoms with Crippen molar-refractivity contribution < 1.29 is 28.2 Å². The second kappa shape index (κ2) is 11.0. The lowest BCUT2D eigenvalue weighted by molar-refractivity contribution is -0.123. The summed E-state index contributed by atoms with van der Waals surface area (Å²) < 4.78 is 24.7. The smallest absolute Gasteiger partial charge is 0.329 e. The fraction of sp³-hybridized carbons (Fsp3) is 0.115. The maximum absolute atomic E-state index is 13.1. The summed E-state index contributed by atoms with van der Waals surface area (Å²) in [4.78, 5) is 38.5. The standard InChI is InChI=1S/C26H21BrFN3O5/c1-35-22-13-17(11-20(27)24(22)36-15-23(32)29-19-5-3-2-4-6-19)12-21-25(33)31(26(34)30-21)14-16-7-9-18(28)10-8-16/h2-13H,14-15H2,1H3,(H,29,32)(H,30,34)/b21-12+. The van der Waals surface area contributed by atoms with Crippen LogP contribution in [0.25, 0.3) is 6.08 Å². The number of para-hydroxylation sites is 1. The number of hydrogen-bond donors (Lipinski definition) is 2. The lowest BCUT2D eigenvalue weighted by Crippen LogP contribution is -2.30. The Morgan fingerprint density at radius 3 is 2.53 bits per heavy atom. The van der Waals surface area contributed by atoms with Crippen LogP contribution < -0.4 is 20.1 Å². The molecule has 8 nitrogen and oxygen atoms in total. The van der Waals surface area contributed by atoms with E-state index in [1.807, 2.05) is 18.2 Å². The van der Waals surface area contributed by atoms with Gasteiger partial charge in [0.1, 0.15) is 11.5 Å². The molecule has 0 aliphatic carbocycles. The molecule has 1 fully saturated rings. The van der Waals surface area contributed by atoms with Gasteiger partial charge >= 0.3 is 6.03 Å². The molecule has 1 heterocycles. The third-order valence-electron chi connectivity index (χ3n) is 5.18. The van der Waals surface area contributed by atoms with Gasteiger partial charge in [-0.3, -0.25) is 14.5 Å². The molecule has 4 rings (SSSR count). The van der Waals surface area contributed by atoms with Crippen molar-refractivity contribution in [2.24, 2.45) is 0 Å². The topological polar surface area (TPSA) is 97.0 Å². The molecule has 1 saturated heterocycles. The molecule has 3 aromatic rings. The predicted octanol–water partition coefficient (Wildman–Crippen LogP) is 4.71. The van der Waals surface area contributed by atoms with Crippen LogP contribution in [0.1, 0.15) is 11.1 Å². The number of ether oxygens (including phenoxy) is 2. The predicted molar refractivity (Wildman–Crippen MR) is 135 cm³/mol. The number of rotatable bonds is 8. The number of nitrogens with zero attached hydrogens (tertiary/aromatic N) is 1. The third-order valence-corrected chi connectivity index (χ3v) is 5.77. The summed E-state index contributed by atoms with van der Waals surface area (Å²) in [6.45, 7) is -0.246. The minimum Gasteiger partial charge on any atom is -0.493 e. The number of benzene rings is 3. The highest BCUT2D eigenvalue weighted by Gasteiger charge is 2.33. The number of amides is 4. The minimum atomic E-state index is -0.578. The summed E-state index contributed by atoms with van der Waals surface area (Å²) in [5, 5.41) is 5.28. The summed E-state index contributed by atoms with van der Waals surface area (Å²) in [7, 11) is 1.45. The lowest BCUT2D eigenvalue weighted by Gasteiger charge is -2.14. The highest BCUT2D eigenvalue weighted by molar-refractivity contribution is 9.10. The molecule has 0 aromatic heterocycles. The van der Waals surface area contributed by atoms with Crippen LogP contribution in [0, 0.1) is 5.82 Å². The van der Waals surface area contributed by atoms with Crippen LogP contribution in [0.5, 0.6) is 11.5 Å². The van der Waals surface area contributed by atoms with Crippen LogP contribution in [0.3, 0.4) is 0 Å². The molecule has 0 atom stereocenters. The molecule has 1 aliphatic heterocycles. The SMILES string of the molecule is COc1cc(/C=C2/NC(=O)N(Cc3ccc(F)cc3)C2=O)cc(Br)c1OCC(=O)Nc1ccccc1. The Morgan fingerprint density at radius 2 is 1.83 bits per heavy atom. The van der Waals surface area contributed by atoms with Crippen molar-refractivity contribution in [2.45, 2.75) is 6.54 Å². The number of halogens is 2. The number of nitrogens with one attached hydrogen (secondary N) is 2. The van der Waals surface area contributed by atoms with Gasteiger partial charge in [-0.25, -0.2) is 9.18 Å². The van der Waals surface area contributed by atoms with E-state index in [1.54, 1.807) is 24.3 Å². The van der Waals surface area contributed by atoms with E-state index in [-0.39, 0.29) is 24.8 Å². The number of urea groups is 1. The molecule has 2 N–H and O–H groups in total. The van der Waals surface area contributed by atoms with E-state index in [0.717, 1.165) is 4.90 Å². The Hall–Kier alpha value is -4.18. The molecule has 1 aliphatic rings. The van der Waals surface area contributed by atoms with Gasteiger partial charge in [0.25, 0.3) is 11.8 Å². The molecule has 0 bridgehead atoms. The van der Waals surface area contributed by atoms with E-state index in [9.17, 15) is 18.8 Å². The van der Waals surface area contributed by atoms with Gasteiger partial charge in [0.05, 0.1) is 18.1 Å². The molecular formula is C26H21BrFN3O5. The molecule has 3 aromatic carbocycles. The van der Waals surface area contributed by atoms with Crippen molar-refractivity contribution >= 4 is 45.5 Å². The molecule has 4 amide bonds. The first-order valence-corrected chi connectivity index (χ1v) is 11.6. The molecule has 0 unspecified atom stereocenters. The van der Waals surface area contributed by atoms with E-state index in [4.69, 9.17) is 9.47 Å². The number of anilines is 1. The number of carbonyl (C=O) groups is 3. The largest absolute Gasteiger partial charge is 0.493 e. The Labute approximate surface area is 214 Å². The monoisotopic (exact) mass is 553 g/mol. The van der Waals surface area contributed by atoms with Crippen LogP contribution in [0.4, 0.5) is 14.9 Å². The first kappa shape index (κ1) is 24.9. The van der Waals surface area contributed by atoms with Gasteiger partial charge in [-0.15, -0.1) is 0 Å².